The molecule has 1 aliphatic heterocycles. The van der Waals surface area contributed by atoms with Gasteiger partial charge in [0.1, 0.15) is 0 Å². The normalized spacial score (nSPS) is 17.0. The van der Waals surface area contributed by atoms with Crippen LogP contribution >= 0.6 is 11.6 Å². The van der Waals surface area contributed by atoms with Crippen molar-refractivity contribution in [2.24, 2.45) is 0 Å². The summed E-state index contributed by atoms with van der Waals surface area (Å²) in [7, 11) is 0. The number of halogens is 1. The van der Waals surface area contributed by atoms with Crippen molar-refractivity contribution in [1.29, 1.82) is 5.26 Å². The molecule has 16 heavy (non-hydrogen) atoms. The molecule has 1 heterocycles. The molecule has 1 saturated heterocycles. The summed E-state index contributed by atoms with van der Waals surface area (Å²) in [5, 5.41) is 9.41. The van der Waals surface area contributed by atoms with Gasteiger partial charge in [0.25, 0.3) is 0 Å². The van der Waals surface area contributed by atoms with Crippen LogP contribution in [0.1, 0.15) is 11.1 Å². The van der Waals surface area contributed by atoms with Gasteiger partial charge in [-0.1, -0.05) is 17.7 Å². The van der Waals surface area contributed by atoms with E-state index in [0.717, 1.165) is 38.4 Å². The van der Waals surface area contributed by atoms with Gasteiger partial charge in [-0.2, -0.15) is 5.26 Å². The van der Waals surface area contributed by atoms with Crippen molar-refractivity contribution in [1.82, 2.24) is 4.90 Å². The first-order valence-corrected chi connectivity index (χ1v) is 5.66. The average Bonchev–Trinajstić information content (AvgIpc) is 2.33. The summed E-state index contributed by atoms with van der Waals surface area (Å²) in [5.41, 5.74) is 1.68. The van der Waals surface area contributed by atoms with Gasteiger partial charge in [0.15, 0.2) is 0 Å². The van der Waals surface area contributed by atoms with Crippen molar-refractivity contribution in [3.63, 3.8) is 0 Å². The van der Waals surface area contributed by atoms with Crippen LogP contribution in [0.4, 0.5) is 0 Å². The zero-order valence-electron chi connectivity index (χ0n) is 8.95. The van der Waals surface area contributed by atoms with Crippen LogP contribution in [-0.2, 0) is 11.3 Å². The van der Waals surface area contributed by atoms with E-state index in [4.69, 9.17) is 21.6 Å². The van der Waals surface area contributed by atoms with Crippen molar-refractivity contribution in [3.8, 4) is 6.07 Å². The molecule has 0 aliphatic carbocycles. The number of nitrogens with zero attached hydrogens (tertiary/aromatic N) is 2. The third kappa shape index (κ3) is 2.73. The Kier molecular flexibility index (Phi) is 3.79. The fraction of sp³-hybridized carbons (Fsp3) is 0.417. The first-order valence-electron chi connectivity index (χ1n) is 5.28. The maximum Gasteiger partial charge on any atom is 0.0992 e. The van der Waals surface area contributed by atoms with Crippen molar-refractivity contribution in [2.45, 2.75) is 6.54 Å². The average molecular weight is 237 g/mol. The highest BCUT2D eigenvalue weighted by Gasteiger charge is 2.12. The summed E-state index contributed by atoms with van der Waals surface area (Å²) >= 11 is 6.12. The Morgan fingerprint density at radius 1 is 1.38 bits per heavy atom. The maximum atomic E-state index is 8.74. The lowest BCUT2D eigenvalue weighted by atomic mass is 10.1. The number of morpholine rings is 1. The van der Waals surface area contributed by atoms with Crippen LogP contribution in [0.25, 0.3) is 0 Å². The Bertz CT molecular complexity index is 408. The van der Waals surface area contributed by atoms with E-state index >= 15 is 0 Å². The molecule has 84 valence electrons. The molecule has 0 bridgehead atoms. The third-order valence-electron chi connectivity index (χ3n) is 2.68. The SMILES string of the molecule is N#Cc1ccc(CN2CCOCC2)c(Cl)c1. The third-order valence-corrected chi connectivity index (χ3v) is 3.03. The molecule has 0 unspecified atom stereocenters. The van der Waals surface area contributed by atoms with Crippen molar-refractivity contribution >= 4 is 11.6 Å². The van der Waals surface area contributed by atoms with Crippen LogP contribution in [0.5, 0.6) is 0 Å². The first kappa shape index (κ1) is 11.4. The zero-order valence-corrected chi connectivity index (χ0v) is 9.70. The van der Waals surface area contributed by atoms with Crippen molar-refractivity contribution < 1.29 is 4.74 Å². The van der Waals surface area contributed by atoms with Gasteiger partial charge in [0, 0.05) is 24.7 Å². The Hall–Kier alpha value is -1.08. The van der Waals surface area contributed by atoms with Gasteiger partial charge >= 0.3 is 0 Å². The molecular weight excluding hydrogens is 224 g/mol. The predicted octanol–water partition coefficient (Wildman–Crippen LogP) is 2.04. The van der Waals surface area contributed by atoms with Gasteiger partial charge in [0.2, 0.25) is 0 Å². The number of benzene rings is 1. The van der Waals surface area contributed by atoms with Gasteiger partial charge in [-0.05, 0) is 17.7 Å². The van der Waals surface area contributed by atoms with Crippen molar-refractivity contribution in [2.75, 3.05) is 26.3 Å². The molecule has 4 heteroatoms. The highest BCUT2D eigenvalue weighted by atomic mass is 35.5. The fourth-order valence-corrected chi connectivity index (χ4v) is 1.99. The van der Waals surface area contributed by atoms with Crippen LogP contribution in [0, 0.1) is 11.3 Å². The monoisotopic (exact) mass is 236 g/mol. The van der Waals surface area contributed by atoms with E-state index in [1.165, 1.54) is 0 Å². The molecule has 2 rings (SSSR count). The maximum absolute atomic E-state index is 8.74. The molecule has 0 amide bonds. The summed E-state index contributed by atoms with van der Waals surface area (Å²) in [4.78, 5) is 2.30. The second-order valence-electron chi connectivity index (χ2n) is 3.81. The van der Waals surface area contributed by atoms with E-state index in [1.807, 2.05) is 12.1 Å². The lowest BCUT2D eigenvalue weighted by molar-refractivity contribution is 0.0342. The topological polar surface area (TPSA) is 36.3 Å². The molecular formula is C12H13ClN2O. The molecule has 0 saturated carbocycles. The quantitative estimate of drug-likeness (QED) is 0.789. The van der Waals surface area contributed by atoms with Crippen LogP contribution in [0.3, 0.4) is 0 Å². The minimum Gasteiger partial charge on any atom is -0.379 e. The number of ether oxygens (including phenoxy) is 1. The number of nitriles is 1. The second kappa shape index (κ2) is 5.31. The number of rotatable bonds is 2. The molecule has 0 aromatic heterocycles. The van der Waals surface area contributed by atoms with E-state index < -0.39 is 0 Å². The summed E-state index contributed by atoms with van der Waals surface area (Å²) in [6.07, 6.45) is 0. The summed E-state index contributed by atoms with van der Waals surface area (Å²) < 4.78 is 5.29. The minimum absolute atomic E-state index is 0.607. The van der Waals surface area contributed by atoms with E-state index in [1.54, 1.807) is 6.07 Å². The van der Waals surface area contributed by atoms with Gasteiger partial charge in [0.05, 0.1) is 24.8 Å². The Labute approximate surface area is 100 Å². The van der Waals surface area contributed by atoms with Crippen LogP contribution in [0.2, 0.25) is 5.02 Å². The molecule has 3 nitrogen and oxygen atoms in total. The number of hydrogen-bond acceptors (Lipinski definition) is 3. The predicted molar refractivity (Wildman–Crippen MR) is 62.3 cm³/mol. The van der Waals surface area contributed by atoms with Crippen LogP contribution in [0.15, 0.2) is 18.2 Å². The number of hydrogen-bond donors (Lipinski definition) is 0. The van der Waals surface area contributed by atoms with Crippen LogP contribution in [-0.4, -0.2) is 31.2 Å². The lowest BCUT2D eigenvalue weighted by Gasteiger charge is -2.26. The van der Waals surface area contributed by atoms with Gasteiger partial charge in [-0.25, -0.2) is 0 Å². The smallest absolute Gasteiger partial charge is 0.0992 e. The summed E-state index contributed by atoms with van der Waals surface area (Å²) in [5.74, 6) is 0. The second-order valence-corrected chi connectivity index (χ2v) is 4.21. The lowest BCUT2D eigenvalue weighted by Crippen LogP contribution is -2.35. The Morgan fingerprint density at radius 2 is 2.12 bits per heavy atom. The largest absolute Gasteiger partial charge is 0.379 e. The molecule has 1 fully saturated rings. The highest BCUT2D eigenvalue weighted by molar-refractivity contribution is 6.31. The summed E-state index contributed by atoms with van der Waals surface area (Å²) in [6.45, 7) is 4.28. The Morgan fingerprint density at radius 3 is 2.75 bits per heavy atom. The Balaban J connectivity index is 2.06. The molecule has 1 aromatic carbocycles. The van der Waals surface area contributed by atoms with Gasteiger partial charge in [-0.3, -0.25) is 4.90 Å². The molecule has 0 N–H and O–H groups in total. The molecule has 0 radical (unpaired) electrons. The highest BCUT2D eigenvalue weighted by Crippen LogP contribution is 2.19. The molecule has 1 aromatic rings. The van der Waals surface area contributed by atoms with E-state index in [-0.39, 0.29) is 0 Å². The molecule has 0 spiro atoms. The van der Waals surface area contributed by atoms with Crippen molar-refractivity contribution in [3.05, 3.63) is 34.3 Å². The first-order chi connectivity index (χ1) is 7.79. The van der Waals surface area contributed by atoms with E-state index in [0.29, 0.717) is 10.6 Å². The van der Waals surface area contributed by atoms with E-state index in [2.05, 4.69) is 11.0 Å². The molecule has 1 aliphatic rings. The zero-order chi connectivity index (χ0) is 11.4. The molecule has 0 atom stereocenters. The van der Waals surface area contributed by atoms with Crippen LogP contribution < -0.4 is 0 Å². The standard InChI is InChI=1S/C12H13ClN2O/c13-12-7-10(8-14)1-2-11(12)9-15-3-5-16-6-4-15/h1-2,7H,3-6,9H2. The van der Waals surface area contributed by atoms with Gasteiger partial charge < -0.3 is 4.74 Å². The van der Waals surface area contributed by atoms with Gasteiger partial charge in [-0.15, -0.1) is 0 Å². The minimum atomic E-state index is 0.607. The fourth-order valence-electron chi connectivity index (χ4n) is 1.75. The summed E-state index contributed by atoms with van der Waals surface area (Å²) in [6, 6.07) is 7.53. The van der Waals surface area contributed by atoms with E-state index in [9.17, 15) is 0 Å².